The molecule has 0 unspecified atom stereocenters. The predicted molar refractivity (Wildman–Crippen MR) is 67.8 cm³/mol. The van der Waals surface area contributed by atoms with Gasteiger partial charge in [-0.15, -0.1) is 0 Å². The van der Waals surface area contributed by atoms with E-state index in [4.69, 9.17) is 5.26 Å². The van der Waals surface area contributed by atoms with Gasteiger partial charge in [-0.2, -0.15) is 5.26 Å². The second-order valence-electron chi connectivity index (χ2n) is 4.76. The molecule has 18 heavy (non-hydrogen) atoms. The highest BCUT2D eigenvalue weighted by Crippen LogP contribution is 2.19. The van der Waals surface area contributed by atoms with Gasteiger partial charge < -0.3 is 4.90 Å². The Kier molecular flexibility index (Phi) is 3.78. The zero-order valence-corrected chi connectivity index (χ0v) is 10.7. The van der Waals surface area contributed by atoms with Crippen molar-refractivity contribution in [1.29, 1.82) is 5.26 Å². The lowest BCUT2D eigenvalue weighted by Crippen LogP contribution is -2.49. The van der Waals surface area contributed by atoms with Crippen LogP contribution in [0.2, 0.25) is 0 Å². The lowest BCUT2D eigenvalue weighted by molar-refractivity contribution is 0.208. The van der Waals surface area contributed by atoms with E-state index in [9.17, 15) is 4.39 Å². The minimum atomic E-state index is -0.410. The van der Waals surface area contributed by atoms with Crippen molar-refractivity contribution in [2.45, 2.75) is 19.9 Å². The summed E-state index contributed by atoms with van der Waals surface area (Å²) in [5.41, 5.74) is 0.261. The summed E-state index contributed by atoms with van der Waals surface area (Å²) in [7, 11) is 0. The number of rotatable bonds is 2. The van der Waals surface area contributed by atoms with Crippen molar-refractivity contribution in [3.63, 3.8) is 0 Å². The Balaban J connectivity index is 2.08. The van der Waals surface area contributed by atoms with Crippen LogP contribution in [-0.2, 0) is 0 Å². The van der Waals surface area contributed by atoms with E-state index in [1.807, 2.05) is 11.0 Å². The second-order valence-corrected chi connectivity index (χ2v) is 4.76. The summed E-state index contributed by atoms with van der Waals surface area (Å²) in [6, 6.07) is 3.66. The van der Waals surface area contributed by atoms with Crippen molar-refractivity contribution in [1.82, 2.24) is 9.88 Å². The number of aromatic nitrogens is 1. The molecule has 0 amide bonds. The maximum atomic E-state index is 13.8. The maximum Gasteiger partial charge on any atom is 0.166 e. The molecule has 1 aromatic heterocycles. The normalized spacial score (nSPS) is 16.9. The SMILES string of the molecule is CC(C)N1CCN(c2ncc(C#N)cc2F)CC1. The number of nitriles is 1. The van der Waals surface area contributed by atoms with Gasteiger partial charge in [0.1, 0.15) is 6.07 Å². The van der Waals surface area contributed by atoms with Crippen molar-refractivity contribution < 1.29 is 4.39 Å². The molecule has 1 fully saturated rings. The molecule has 1 aromatic rings. The lowest BCUT2D eigenvalue weighted by atomic mass is 10.2. The maximum absolute atomic E-state index is 13.8. The van der Waals surface area contributed by atoms with Gasteiger partial charge in [-0.05, 0) is 19.9 Å². The molecule has 0 aromatic carbocycles. The molecule has 0 aliphatic carbocycles. The molecular weight excluding hydrogens is 231 g/mol. The fourth-order valence-electron chi connectivity index (χ4n) is 2.17. The highest BCUT2D eigenvalue weighted by Gasteiger charge is 2.21. The van der Waals surface area contributed by atoms with Crippen molar-refractivity contribution in [2.24, 2.45) is 0 Å². The Labute approximate surface area is 107 Å². The molecule has 5 heteroatoms. The van der Waals surface area contributed by atoms with Gasteiger partial charge >= 0.3 is 0 Å². The van der Waals surface area contributed by atoms with Crippen LogP contribution < -0.4 is 4.90 Å². The molecule has 2 heterocycles. The van der Waals surface area contributed by atoms with Crippen LogP contribution >= 0.6 is 0 Å². The van der Waals surface area contributed by atoms with Crippen LogP contribution in [0.3, 0.4) is 0 Å². The minimum absolute atomic E-state index is 0.261. The molecule has 0 spiro atoms. The van der Waals surface area contributed by atoms with Gasteiger partial charge in [0.15, 0.2) is 11.6 Å². The largest absolute Gasteiger partial charge is 0.352 e. The summed E-state index contributed by atoms with van der Waals surface area (Å²) < 4.78 is 13.8. The first-order chi connectivity index (χ1) is 8.61. The topological polar surface area (TPSA) is 43.2 Å². The quantitative estimate of drug-likeness (QED) is 0.797. The van der Waals surface area contributed by atoms with Crippen LogP contribution in [0.5, 0.6) is 0 Å². The smallest absolute Gasteiger partial charge is 0.166 e. The summed E-state index contributed by atoms with van der Waals surface area (Å²) in [4.78, 5) is 8.35. The van der Waals surface area contributed by atoms with Crippen LogP contribution in [0.1, 0.15) is 19.4 Å². The fourth-order valence-corrected chi connectivity index (χ4v) is 2.17. The van der Waals surface area contributed by atoms with Crippen molar-refractivity contribution >= 4 is 5.82 Å². The summed E-state index contributed by atoms with van der Waals surface area (Å²) in [6.45, 7) is 7.70. The molecule has 2 rings (SSSR count). The third-order valence-electron chi connectivity index (χ3n) is 3.29. The second kappa shape index (κ2) is 5.32. The molecule has 1 aliphatic heterocycles. The van der Waals surface area contributed by atoms with Crippen molar-refractivity contribution in [3.05, 3.63) is 23.6 Å². The Morgan fingerprint density at radius 1 is 1.33 bits per heavy atom. The van der Waals surface area contributed by atoms with E-state index in [-0.39, 0.29) is 5.56 Å². The van der Waals surface area contributed by atoms with Gasteiger partial charge in [-0.25, -0.2) is 9.37 Å². The number of halogens is 1. The molecule has 96 valence electrons. The Bertz CT molecular complexity index is 459. The Hall–Kier alpha value is -1.67. The summed E-state index contributed by atoms with van der Waals surface area (Å²) >= 11 is 0. The molecule has 4 nitrogen and oxygen atoms in total. The van der Waals surface area contributed by atoms with Gasteiger partial charge in [0.2, 0.25) is 0 Å². The van der Waals surface area contributed by atoms with Crippen molar-refractivity contribution in [2.75, 3.05) is 31.1 Å². The van der Waals surface area contributed by atoms with Crippen molar-refractivity contribution in [3.8, 4) is 6.07 Å². The first-order valence-corrected chi connectivity index (χ1v) is 6.16. The number of hydrogen-bond acceptors (Lipinski definition) is 4. The Morgan fingerprint density at radius 3 is 2.50 bits per heavy atom. The first kappa shape index (κ1) is 12.8. The molecule has 1 saturated heterocycles. The molecule has 0 atom stereocenters. The van der Waals surface area contributed by atoms with E-state index in [0.29, 0.717) is 11.9 Å². The van der Waals surface area contributed by atoms with E-state index < -0.39 is 5.82 Å². The summed E-state index contributed by atoms with van der Waals surface area (Å²) in [6.07, 6.45) is 1.42. The monoisotopic (exact) mass is 248 g/mol. The lowest BCUT2D eigenvalue weighted by Gasteiger charge is -2.37. The number of anilines is 1. The van der Waals surface area contributed by atoms with Crippen LogP contribution in [0.15, 0.2) is 12.3 Å². The third kappa shape index (κ3) is 2.59. The number of nitrogens with zero attached hydrogens (tertiary/aromatic N) is 4. The molecular formula is C13H17FN4. The van der Waals surface area contributed by atoms with Crippen LogP contribution in [0, 0.1) is 17.1 Å². The van der Waals surface area contributed by atoms with E-state index in [2.05, 4.69) is 23.7 Å². The van der Waals surface area contributed by atoms with Crippen LogP contribution in [0.25, 0.3) is 0 Å². The van der Waals surface area contributed by atoms with Gasteiger partial charge in [-0.1, -0.05) is 0 Å². The van der Waals surface area contributed by atoms with E-state index >= 15 is 0 Å². The van der Waals surface area contributed by atoms with E-state index in [1.54, 1.807) is 0 Å². The molecule has 0 saturated carbocycles. The average Bonchev–Trinajstić information content (AvgIpc) is 2.38. The van der Waals surface area contributed by atoms with Gasteiger partial charge in [0, 0.05) is 38.4 Å². The third-order valence-corrected chi connectivity index (χ3v) is 3.29. The molecule has 0 bridgehead atoms. The highest BCUT2D eigenvalue weighted by atomic mass is 19.1. The number of hydrogen-bond donors (Lipinski definition) is 0. The van der Waals surface area contributed by atoms with E-state index in [1.165, 1.54) is 12.3 Å². The van der Waals surface area contributed by atoms with Crippen LogP contribution in [0.4, 0.5) is 10.2 Å². The molecule has 1 aliphatic rings. The zero-order chi connectivity index (χ0) is 13.1. The number of pyridine rings is 1. The average molecular weight is 248 g/mol. The molecule has 0 N–H and O–H groups in total. The Morgan fingerprint density at radius 2 is 2.00 bits per heavy atom. The number of piperazine rings is 1. The molecule has 0 radical (unpaired) electrons. The fraction of sp³-hybridized carbons (Fsp3) is 0.538. The zero-order valence-electron chi connectivity index (χ0n) is 10.7. The summed E-state index contributed by atoms with van der Waals surface area (Å²) in [5, 5.41) is 8.68. The van der Waals surface area contributed by atoms with Gasteiger partial charge in [-0.3, -0.25) is 4.90 Å². The highest BCUT2D eigenvalue weighted by molar-refractivity contribution is 5.44. The predicted octanol–water partition coefficient (Wildman–Crippen LogP) is 1.62. The first-order valence-electron chi connectivity index (χ1n) is 6.16. The minimum Gasteiger partial charge on any atom is -0.352 e. The summed E-state index contributed by atoms with van der Waals surface area (Å²) in [5.74, 6) is -0.0514. The standard InChI is InChI=1S/C13H17FN4/c1-10(2)17-3-5-18(6-4-17)13-12(14)7-11(8-15)9-16-13/h7,9-10H,3-6H2,1-2H3. The van der Waals surface area contributed by atoms with Crippen LogP contribution in [-0.4, -0.2) is 42.1 Å². The van der Waals surface area contributed by atoms with E-state index in [0.717, 1.165) is 26.2 Å². The van der Waals surface area contributed by atoms with Gasteiger partial charge in [0.05, 0.1) is 5.56 Å². The van der Waals surface area contributed by atoms with Gasteiger partial charge in [0.25, 0.3) is 0 Å².